The number of unbranched alkanes of at least 4 members (excludes halogenated alkanes) is 1. The van der Waals surface area contributed by atoms with Gasteiger partial charge in [-0.1, -0.05) is 43.7 Å². The van der Waals surface area contributed by atoms with Gasteiger partial charge in [-0.15, -0.1) is 0 Å². The number of hydrogen-bond donors (Lipinski definition) is 2. The number of carbonyl (C=O) groups excluding carboxylic acids is 1. The van der Waals surface area contributed by atoms with Crippen molar-refractivity contribution >= 4 is 26.8 Å². The molecule has 3 aromatic rings. The van der Waals surface area contributed by atoms with Crippen LogP contribution in [0.2, 0.25) is 0 Å². The fraction of sp³-hybridized carbons (Fsp3) is 0.273. The van der Waals surface area contributed by atoms with Gasteiger partial charge in [0.15, 0.2) is 0 Å². The van der Waals surface area contributed by atoms with Crippen LogP contribution in [0.3, 0.4) is 0 Å². The summed E-state index contributed by atoms with van der Waals surface area (Å²) in [5.74, 6) is -0.471. The summed E-state index contributed by atoms with van der Waals surface area (Å²) in [6, 6.07) is 13.6. The lowest BCUT2D eigenvalue weighted by molar-refractivity contribution is 0.0952. The Bertz CT molecular complexity index is 1200. The second-order valence-corrected chi connectivity index (χ2v) is 9.14. The van der Waals surface area contributed by atoms with E-state index in [9.17, 15) is 18.0 Å². The zero-order valence-corrected chi connectivity index (χ0v) is 17.8. The first-order valence-electron chi connectivity index (χ1n) is 9.78. The van der Waals surface area contributed by atoms with Crippen molar-refractivity contribution in [2.45, 2.75) is 31.2 Å². The van der Waals surface area contributed by atoms with Gasteiger partial charge >= 0.3 is 0 Å². The topological polar surface area (TPSA) is 99.3 Å². The molecule has 0 saturated carbocycles. The fourth-order valence-electron chi connectivity index (χ4n) is 3.11. The van der Waals surface area contributed by atoms with E-state index in [0.29, 0.717) is 12.1 Å². The molecular formula is C22H25N3O4S. The molecule has 0 atom stereocenters. The van der Waals surface area contributed by atoms with Gasteiger partial charge in [0.25, 0.3) is 5.91 Å². The second kappa shape index (κ2) is 9.23. The number of H-pyrrole nitrogens is 1. The third-order valence-corrected chi connectivity index (χ3v) is 6.67. The van der Waals surface area contributed by atoms with E-state index in [-0.39, 0.29) is 22.4 Å². The number of nitrogens with zero attached hydrogens (tertiary/aromatic N) is 1. The highest BCUT2D eigenvalue weighted by Gasteiger charge is 2.22. The van der Waals surface area contributed by atoms with Crippen LogP contribution >= 0.6 is 0 Å². The molecule has 0 aliphatic carbocycles. The van der Waals surface area contributed by atoms with Gasteiger partial charge in [0.2, 0.25) is 15.5 Å². The van der Waals surface area contributed by atoms with Crippen LogP contribution in [0, 0.1) is 0 Å². The minimum absolute atomic E-state index is 0.00229. The Hall–Kier alpha value is -2.97. The largest absolute Gasteiger partial charge is 0.360 e. The maximum absolute atomic E-state index is 13.0. The molecule has 1 aromatic heterocycles. The normalized spacial score (nSPS) is 11.7. The molecule has 7 nitrogen and oxygen atoms in total. The lowest BCUT2D eigenvalue weighted by atomic mass is 10.1. The predicted octanol–water partition coefficient (Wildman–Crippen LogP) is 2.88. The van der Waals surface area contributed by atoms with Gasteiger partial charge in [0.05, 0.1) is 4.90 Å². The number of rotatable bonds is 8. The fourth-order valence-corrected chi connectivity index (χ4v) is 4.29. The summed E-state index contributed by atoms with van der Waals surface area (Å²) in [6.45, 7) is 2.69. The van der Waals surface area contributed by atoms with Crippen molar-refractivity contribution in [3.05, 3.63) is 76.1 Å². The molecule has 3 rings (SSSR count). The van der Waals surface area contributed by atoms with Crippen LogP contribution in [0.5, 0.6) is 0 Å². The first-order chi connectivity index (χ1) is 14.3. The number of aromatic amines is 1. The van der Waals surface area contributed by atoms with Gasteiger partial charge in [-0.05, 0) is 30.2 Å². The van der Waals surface area contributed by atoms with Gasteiger partial charge in [0, 0.05) is 37.2 Å². The average Bonchev–Trinajstić information content (AvgIpc) is 2.74. The number of hydrogen-bond acceptors (Lipinski definition) is 4. The molecule has 0 saturated heterocycles. The van der Waals surface area contributed by atoms with Crippen LogP contribution in [0.15, 0.2) is 64.4 Å². The molecule has 158 valence electrons. The van der Waals surface area contributed by atoms with E-state index < -0.39 is 21.4 Å². The Balaban J connectivity index is 1.94. The Labute approximate surface area is 175 Å². The molecule has 2 N–H and O–H groups in total. The Kier molecular flexibility index (Phi) is 6.69. The molecule has 0 aliphatic rings. The predicted molar refractivity (Wildman–Crippen MR) is 117 cm³/mol. The van der Waals surface area contributed by atoms with Crippen molar-refractivity contribution in [1.82, 2.24) is 14.6 Å². The molecule has 0 spiro atoms. The van der Waals surface area contributed by atoms with Crippen molar-refractivity contribution in [2.75, 3.05) is 13.6 Å². The number of sulfonamides is 1. The lowest BCUT2D eigenvalue weighted by Gasteiger charge is -2.17. The Morgan fingerprint density at radius 2 is 1.87 bits per heavy atom. The third kappa shape index (κ3) is 4.60. The quantitative estimate of drug-likeness (QED) is 0.540. The maximum Gasteiger partial charge on any atom is 0.256 e. The molecule has 0 aliphatic heterocycles. The summed E-state index contributed by atoms with van der Waals surface area (Å²) in [5.41, 5.74) is 0.786. The zero-order chi connectivity index (χ0) is 21.7. The molecule has 0 bridgehead atoms. The third-order valence-electron chi connectivity index (χ3n) is 4.87. The minimum atomic E-state index is -3.82. The first-order valence-corrected chi connectivity index (χ1v) is 11.2. The van der Waals surface area contributed by atoms with E-state index in [4.69, 9.17) is 0 Å². The number of nitrogens with one attached hydrogen (secondary N) is 2. The monoisotopic (exact) mass is 427 g/mol. The number of pyridine rings is 1. The summed E-state index contributed by atoms with van der Waals surface area (Å²) in [6.07, 6.45) is 3.10. The minimum Gasteiger partial charge on any atom is -0.360 e. The highest BCUT2D eigenvalue weighted by molar-refractivity contribution is 7.89. The summed E-state index contributed by atoms with van der Waals surface area (Å²) in [4.78, 5) is 28.1. The number of carbonyl (C=O) groups is 1. The average molecular weight is 428 g/mol. The molecule has 0 unspecified atom stereocenters. The second-order valence-electron chi connectivity index (χ2n) is 7.09. The summed E-state index contributed by atoms with van der Waals surface area (Å²) in [5, 5.41) is 2.87. The summed E-state index contributed by atoms with van der Waals surface area (Å²) in [7, 11) is -2.32. The molecular weight excluding hydrogens is 402 g/mol. The molecule has 1 amide bonds. The number of amides is 1. The SMILES string of the molecule is CCCCNC(=O)c1c[nH]c2ccc(S(=O)(=O)N(C)Cc3ccccc3)cc2c1=O. The van der Waals surface area contributed by atoms with E-state index in [1.54, 1.807) is 6.07 Å². The van der Waals surface area contributed by atoms with E-state index >= 15 is 0 Å². The summed E-state index contributed by atoms with van der Waals surface area (Å²) >= 11 is 0. The van der Waals surface area contributed by atoms with Crippen molar-refractivity contribution in [3.8, 4) is 0 Å². The molecule has 1 heterocycles. The zero-order valence-electron chi connectivity index (χ0n) is 17.0. The van der Waals surface area contributed by atoms with Crippen LogP contribution in [0.4, 0.5) is 0 Å². The molecule has 0 radical (unpaired) electrons. The number of aromatic nitrogens is 1. The van der Waals surface area contributed by atoms with Crippen molar-refractivity contribution in [1.29, 1.82) is 0 Å². The van der Waals surface area contributed by atoms with Gasteiger partial charge < -0.3 is 10.3 Å². The lowest BCUT2D eigenvalue weighted by Crippen LogP contribution is -2.30. The van der Waals surface area contributed by atoms with Crippen LogP contribution in [0.1, 0.15) is 35.7 Å². The van der Waals surface area contributed by atoms with Gasteiger partial charge in [-0.3, -0.25) is 9.59 Å². The van der Waals surface area contributed by atoms with Gasteiger partial charge in [0.1, 0.15) is 5.56 Å². The van der Waals surface area contributed by atoms with Crippen molar-refractivity contribution in [3.63, 3.8) is 0 Å². The van der Waals surface area contributed by atoms with E-state index in [1.165, 1.54) is 29.7 Å². The standard InChI is InChI=1S/C22H25N3O4S/c1-3-4-12-23-22(27)19-14-24-20-11-10-17(13-18(20)21(19)26)30(28,29)25(2)15-16-8-6-5-7-9-16/h5-11,13-14H,3-4,12,15H2,1-2H3,(H,23,27)(H,24,26). The van der Waals surface area contributed by atoms with Gasteiger partial charge in [-0.2, -0.15) is 4.31 Å². The number of benzene rings is 2. The van der Waals surface area contributed by atoms with Crippen molar-refractivity contribution in [2.24, 2.45) is 0 Å². The van der Waals surface area contributed by atoms with Crippen LogP contribution < -0.4 is 10.7 Å². The smallest absolute Gasteiger partial charge is 0.256 e. The first kappa shape index (κ1) is 21.7. The van der Waals surface area contributed by atoms with Crippen LogP contribution in [-0.4, -0.2) is 37.2 Å². The van der Waals surface area contributed by atoms with Crippen LogP contribution in [0.25, 0.3) is 10.9 Å². The Morgan fingerprint density at radius 3 is 2.57 bits per heavy atom. The maximum atomic E-state index is 13.0. The molecule has 30 heavy (non-hydrogen) atoms. The number of fused-ring (bicyclic) bond motifs is 1. The highest BCUT2D eigenvalue weighted by atomic mass is 32.2. The van der Waals surface area contributed by atoms with Crippen molar-refractivity contribution < 1.29 is 13.2 Å². The molecule has 0 fully saturated rings. The molecule has 8 heteroatoms. The Morgan fingerprint density at radius 1 is 1.13 bits per heavy atom. The van der Waals surface area contributed by atoms with E-state index in [0.717, 1.165) is 18.4 Å². The van der Waals surface area contributed by atoms with Gasteiger partial charge in [-0.25, -0.2) is 8.42 Å². The van der Waals surface area contributed by atoms with E-state index in [2.05, 4.69) is 10.3 Å². The van der Waals surface area contributed by atoms with Crippen LogP contribution in [-0.2, 0) is 16.6 Å². The van der Waals surface area contributed by atoms with E-state index in [1.807, 2.05) is 37.3 Å². The highest BCUT2D eigenvalue weighted by Crippen LogP contribution is 2.20. The molecule has 2 aromatic carbocycles. The summed E-state index contributed by atoms with van der Waals surface area (Å²) < 4.78 is 27.3.